The first-order valence-electron chi connectivity index (χ1n) is 5.77. The summed E-state index contributed by atoms with van der Waals surface area (Å²) < 4.78 is 9.91. The van der Waals surface area contributed by atoms with Crippen molar-refractivity contribution in [2.45, 2.75) is 6.92 Å². The molecule has 20 heavy (non-hydrogen) atoms. The molecule has 104 valence electrons. The topological polar surface area (TPSA) is 98.6 Å². The van der Waals surface area contributed by atoms with Crippen LogP contribution in [0.25, 0.3) is 12.7 Å². The third kappa shape index (κ3) is 2.49. The van der Waals surface area contributed by atoms with E-state index >= 15 is 0 Å². The summed E-state index contributed by atoms with van der Waals surface area (Å²) >= 11 is 0. The molecule has 2 aromatic rings. The van der Waals surface area contributed by atoms with Gasteiger partial charge in [0.15, 0.2) is 17.4 Å². The number of phenols is 1. The summed E-state index contributed by atoms with van der Waals surface area (Å²) in [6.07, 6.45) is 1.41. The Morgan fingerprint density at radius 2 is 2.20 bits per heavy atom. The number of hydrogen-bond acceptors (Lipinski definition) is 6. The van der Waals surface area contributed by atoms with Crippen LogP contribution in [-0.4, -0.2) is 17.2 Å². The van der Waals surface area contributed by atoms with Gasteiger partial charge < -0.3 is 20.0 Å². The number of nitrogen functional groups attached to an aromatic ring is 1. The lowest BCUT2D eigenvalue weighted by atomic mass is 10.1. The molecule has 2 rings (SSSR count). The fourth-order valence-electron chi connectivity index (χ4n) is 1.79. The Labute approximate surface area is 114 Å². The summed E-state index contributed by atoms with van der Waals surface area (Å²) in [4.78, 5) is 15.8. The smallest absolute Gasteiger partial charge is 0.346 e. The third-order valence-electron chi connectivity index (χ3n) is 2.71. The van der Waals surface area contributed by atoms with Crippen molar-refractivity contribution in [3.63, 3.8) is 0 Å². The molecule has 0 saturated carbocycles. The van der Waals surface area contributed by atoms with E-state index in [0.717, 1.165) is 0 Å². The van der Waals surface area contributed by atoms with E-state index < -0.39 is 5.63 Å². The van der Waals surface area contributed by atoms with Gasteiger partial charge in [0, 0.05) is 24.2 Å². The molecule has 1 aromatic heterocycles. The van der Waals surface area contributed by atoms with Crippen LogP contribution >= 0.6 is 0 Å². The van der Waals surface area contributed by atoms with Gasteiger partial charge in [0.25, 0.3) is 0 Å². The largest absolute Gasteiger partial charge is 0.504 e. The minimum atomic E-state index is -0.580. The van der Waals surface area contributed by atoms with Gasteiger partial charge in [-0.25, -0.2) is 9.78 Å². The molecule has 0 fully saturated rings. The zero-order chi connectivity index (χ0) is 14.9. The maximum absolute atomic E-state index is 11.8. The molecule has 0 saturated heterocycles. The Kier molecular flexibility index (Phi) is 3.47. The molecule has 6 nitrogen and oxygen atoms in total. The summed E-state index contributed by atoms with van der Waals surface area (Å²) in [5.41, 5.74) is 5.85. The third-order valence-corrected chi connectivity index (χ3v) is 2.71. The van der Waals surface area contributed by atoms with E-state index in [-0.39, 0.29) is 28.0 Å². The predicted octanol–water partition coefficient (Wildman–Crippen LogP) is -0.121. The molecule has 6 heteroatoms. The second kappa shape index (κ2) is 5.08. The first kappa shape index (κ1) is 13.7. The first-order valence-corrected chi connectivity index (χ1v) is 5.77. The number of benzene rings is 1. The number of nitrogens with zero attached hydrogens (tertiary/aromatic N) is 1. The average molecular weight is 274 g/mol. The van der Waals surface area contributed by atoms with Gasteiger partial charge in [0.1, 0.15) is 0 Å². The van der Waals surface area contributed by atoms with Crippen LogP contribution in [0.1, 0.15) is 11.5 Å². The van der Waals surface area contributed by atoms with E-state index in [9.17, 15) is 9.90 Å². The van der Waals surface area contributed by atoms with Crippen LogP contribution in [-0.2, 0) is 0 Å². The zero-order valence-corrected chi connectivity index (χ0v) is 11.1. The highest BCUT2D eigenvalue weighted by atomic mass is 16.5. The Hall–Kier alpha value is -2.76. The van der Waals surface area contributed by atoms with Crippen LogP contribution < -0.4 is 26.7 Å². The van der Waals surface area contributed by atoms with Crippen LogP contribution in [0, 0.1) is 6.92 Å². The second-order valence-electron chi connectivity index (χ2n) is 4.19. The van der Waals surface area contributed by atoms with Crippen LogP contribution in [0.4, 0.5) is 5.69 Å². The maximum Gasteiger partial charge on any atom is 0.346 e. The van der Waals surface area contributed by atoms with Crippen molar-refractivity contribution in [3.8, 4) is 11.5 Å². The minimum absolute atomic E-state index is 0.124. The van der Waals surface area contributed by atoms with E-state index in [1.807, 2.05) is 0 Å². The van der Waals surface area contributed by atoms with E-state index in [1.165, 1.54) is 25.3 Å². The quantitative estimate of drug-likeness (QED) is 0.585. The van der Waals surface area contributed by atoms with Gasteiger partial charge in [0.2, 0.25) is 0 Å². The van der Waals surface area contributed by atoms with Crippen molar-refractivity contribution in [2.24, 2.45) is 0 Å². The monoisotopic (exact) mass is 274 g/mol. The fraction of sp³-hybridized carbons (Fsp3) is 0.143. The number of nitrogens with two attached hydrogens (primary N) is 1. The van der Waals surface area contributed by atoms with Crippen LogP contribution in [0.3, 0.4) is 0 Å². The molecule has 0 amide bonds. The summed E-state index contributed by atoms with van der Waals surface area (Å²) in [6.45, 7) is 5.24. The highest BCUT2D eigenvalue weighted by molar-refractivity contribution is 5.67. The number of aryl methyl sites for hydroxylation is 1. The van der Waals surface area contributed by atoms with Crippen molar-refractivity contribution in [1.29, 1.82) is 0 Å². The van der Waals surface area contributed by atoms with Crippen molar-refractivity contribution in [1.82, 2.24) is 4.98 Å². The maximum atomic E-state index is 11.8. The molecular weight excluding hydrogens is 260 g/mol. The average Bonchev–Trinajstić information content (AvgIpc) is 2.37. The molecule has 3 N–H and O–H groups in total. The van der Waals surface area contributed by atoms with Crippen LogP contribution in [0.15, 0.2) is 21.3 Å². The molecule has 0 aliphatic rings. The van der Waals surface area contributed by atoms with E-state index in [2.05, 4.69) is 11.6 Å². The highest BCUT2D eigenvalue weighted by Gasteiger charge is 2.08. The standard InChI is InChI=1S/C14H14N2O4/c1-7-11(14(18)20-8(2)16-7)5-9-4-10(15)6-12(19-3)13(9)17/h4-6,17H,1,15H2,2-3H3. The lowest BCUT2D eigenvalue weighted by molar-refractivity contribution is 0.373. The first-order chi connectivity index (χ1) is 9.42. The molecule has 0 atom stereocenters. The normalized spacial score (nSPS) is 11.6. The Balaban J connectivity index is 2.78. The van der Waals surface area contributed by atoms with Gasteiger partial charge >= 0.3 is 5.63 Å². The number of ether oxygens (including phenoxy) is 1. The molecule has 0 aliphatic carbocycles. The summed E-state index contributed by atoms with van der Waals surface area (Å²) in [5, 5.41) is 10.4. The molecule has 0 unspecified atom stereocenters. The van der Waals surface area contributed by atoms with Gasteiger partial charge in [-0.3, -0.25) is 0 Å². The molecular formula is C14H14N2O4. The lowest BCUT2D eigenvalue weighted by Gasteiger charge is -2.07. The SMILES string of the molecule is C=c1nc(C)oc(=O)c1=Cc1cc(N)cc(OC)c1O. The molecule has 0 aliphatic heterocycles. The van der Waals surface area contributed by atoms with Crippen molar-refractivity contribution in [3.05, 3.63) is 44.6 Å². The lowest BCUT2D eigenvalue weighted by Crippen LogP contribution is -2.40. The molecule has 0 spiro atoms. The predicted molar refractivity (Wildman–Crippen MR) is 74.9 cm³/mol. The number of aromatic hydroxyl groups is 1. The van der Waals surface area contributed by atoms with Crippen molar-refractivity contribution in [2.75, 3.05) is 12.8 Å². The van der Waals surface area contributed by atoms with Gasteiger partial charge in [-0.05, 0) is 12.1 Å². The Morgan fingerprint density at radius 1 is 1.50 bits per heavy atom. The minimum Gasteiger partial charge on any atom is -0.504 e. The second-order valence-corrected chi connectivity index (χ2v) is 4.19. The molecule has 1 aromatic carbocycles. The Bertz CT molecular complexity index is 790. The van der Waals surface area contributed by atoms with Crippen molar-refractivity contribution >= 4 is 18.3 Å². The number of hydrogen-bond donors (Lipinski definition) is 2. The molecule has 1 heterocycles. The van der Waals surface area contributed by atoms with Crippen LogP contribution in [0.5, 0.6) is 11.5 Å². The highest BCUT2D eigenvalue weighted by Crippen LogP contribution is 2.32. The molecule has 0 bridgehead atoms. The van der Waals surface area contributed by atoms with E-state index in [4.69, 9.17) is 14.9 Å². The van der Waals surface area contributed by atoms with Gasteiger partial charge in [-0.15, -0.1) is 0 Å². The number of rotatable bonds is 2. The Morgan fingerprint density at radius 3 is 2.80 bits per heavy atom. The number of methoxy groups -OCH3 is 1. The van der Waals surface area contributed by atoms with Gasteiger partial charge in [0.05, 0.1) is 17.7 Å². The summed E-state index contributed by atoms with van der Waals surface area (Å²) in [6, 6.07) is 2.99. The summed E-state index contributed by atoms with van der Waals surface area (Å²) in [5.74, 6) is 0.318. The van der Waals surface area contributed by atoms with Crippen LogP contribution in [0.2, 0.25) is 0 Å². The number of anilines is 1. The van der Waals surface area contributed by atoms with E-state index in [1.54, 1.807) is 6.92 Å². The summed E-state index contributed by atoms with van der Waals surface area (Å²) in [7, 11) is 1.41. The number of aromatic nitrogens is 1. The van der Waals surface area contributed by atoms with Gasteiger partial charge in [-0.1, -0.05) is 6.58 Å². The molecule has 0 radical (unpaired) electrons. The van der Waals surface area contributed by atoms with Gasteiger partial charge in [-0.2, -0.15) is 0 Å². The van der Waals surface area contributed by atoms with E-state index in [0.29, 0.717) is 11.3 Å². The fourth-order valence-corrected chi connectivity index (χ4v) is 1.79. The number of phenolic OH excluding ortho intramolecular Hbond substituents is 1. The zero-order valence-electron chi connectivity index (χ0n) is 11.1. The van der Waals surface area contributed by atoms with Crippen molar-refractivity contribution < 1.29 is 14.3 Å².